The molecule has 0 fully saturated rings. The second-order valence-electron chi connectivity index (χ2n) is 8.50. The summed E-state index contributed by atoms with van der Waals surface area (Å²) in [4.78, 5) is 0. The van der Waals surface area contributed by atoms with E-state index in [9.17, 15) is 0 Å². The summed E-state index contributed by atoms with van der Waals surface area (Å²) in [6, 6.07) is 18.5. The molecule has 0 heterocycles. The van der Waals surface area contributed by atoms with Crippen molar-refractivity contribution in [1.29, 1.82) is 0 Å². The van der Waals surface area contributed by atoms with Gasteiger partial charge in [-0.25, -0.2) is 0 Å². The fourth-order valence-electron chi connectivity index (χ4n) is 5.42. The van der Waals surface area contributed by atoms with Gasteiger partial charge in [0, 0.05) is 8.07 Å². The van der Waals surface area contributed by atoms with E-state index in [0.29, 0.717) is 0 Å². The number of rotatable bonds is 4. The van der Waals surface area contributed by atoms with E-state index in [1.54, 1.807) is 10.4 Å². The van der Waals surface area contributed by atoms with Crippen LogP contribution >= 0.6 is 0 Å². The SMILES string of the molecule is CCc1cccc2[cH-]c(C)c([Si](C)(C)c3c(C)[cH-]c4cccc(CC)c34)c12.[CH3-].[CH3-].[Zr+4]. The molecule has 0 N–H and O–H groups in total. The molecule has 0 spiro atoms. The zero-order valence-corrected chi connectivity index (χ0v) is 23.5. The molecule has 0 unspecified atom stereocenters. The van der Waals surface area contributed by atoms with Crippen LogP contribution in [-0.4, -0.2) is 8.07 Å². The Morgan fingerprint density at radius 2 is 1.07 bits per heavy atom. The van der Waals surface area contributed by atoms with Crippen LogP contribution in [0.1, 0.15) is 36.1 Å². The van der Waals surface area contributed by atoms with Crippen LogP contribution in [0.15, 0.2) is 48.5 Å². The van der Waals surface area contributed by atoms with Crippen LogP contribution in [0, 0.1) is 28.7 Å². The molecular formula is C28H36SiZr. The third-order valence-electron chi connectivity index (χ3n) is 6.41. The molecule has 0 aliphatic rings. The minimum atomic E-state index is -1.86. The van der Waals surface area contributed by atoms with Crippen LogP contribution in [0.3, 0.4) is 0 Å². The van der Waals surface area contributed by atoms with E-state index in [1.165, 1.54) is 43.8 Å². The van der Waals surface area contributed by atoms with Crippen molar-refractivity contribution in [2.24, 2.45) is 0 Å². The predicted octanol–water partition coefficient (Wildman–Crippen LogP) is 6.89. The third kappa shape index (κ3) is 3.98. The van der Waals surface area contributed by atoms with E-state index in [2.05, 4.69) is 89.3 Å². The summed E-state index contributed by atoms with van der Waals surface area (Å²) < 4.78 is 0. The van der Waals surface area contributed by atoms with Crippen LogP contribution in [0.4, 0.5) is 0 Å². The molecule has 0 aliphatic carbocycles. The van der Waals surface area contributed by atoms with Gasteiger partial charge in [-0.1, -0.05) is 64.0 Å². The quantitative estimate of drug-likeness (QED) is 0.215. The van der Waals surface area contributed by atoms with Crippen molar-refractivity contribution in [2.45, 2.75) is 53.6 Å². The molecule has 4 aromatic rings. The molecule has 0 aliphatic heterocycles. The van der Waals surface area contributed by atoms with Gasteiger partial charge in [0.2, 0.25) is 0 Å². The smallest absolute Gasteiger partial charge is 0.358 e. The van der Waals surface area contributed by atoms with Gasteiger partial charge in [0.25, 0.3) is 0 Å². The van der Waals surface area contributed by atoms with E-state index in [1.807, 2.05) is 0 Å². The maximum atomic E-state index is 2.56. The van der Waals surface area contributed by atoms with Crippen molar-refractivity contribution in [3.63, 3.8) is 0 Å². The van der Waals surface area contributed by atoms with Crippen molar-refractivity contribution in [1.82, 2.24) is 0 Å². The van der Waals surface area contributed by atoms with Crippen molar-refractivity contribution in [3.05, 3.63) is 85.6 Å². The van der Waals surface area contributed by atoms with Crippen LogP contribution in [0.25, 0.3) is 21.5 Å². The van der Waals surface area contributed by atoms with Crippen LogP contribution in [0.2, 0.25) is 13.1 Å². The molecule has 0 amide bonds. The Balaban J connectivity index is 0.00000150. The number of hydrogen-bond donors (Lipinski definition) is 0. The average molecular weight is 492 g/mol. The summed E-state index contributed by atoms with van der Waals surface area (Å²) in [5.41, 5.74) is 5.96. The number of aryl methyl sites for hydroxylation is 4. The molecule has 0 saturated carbocycles. The zero-order chi connectivity index (χ0) is 19.3. The van der Waals surface area contributed by atoms with Gasteiger partial charge in [-0.2, -0.15) is 10.4 Å². The van der Waals surface area contributed by atoms with E-state index in [4.69, 9.17) is 0 Å². The fraction of sp³-hybridized carbons (Fsp3) is 0.286. The molecule has 156 valence electrons. The zero-order valence-electron chi connectivity index (χ0n) is 20.0. The van der Waals surface area contributed by atoms with E-state index in [-0.39, 0.29) is 41.1 Å². The van der Waals surface area contributed by atoms with Gasteiger partial charge >= 0.3 is 26.2 Å². The van der Waals surface area contributed by atoms with Crippen molar-refractivity contribution in [3.8, 4) is 0 Å². The average Bonchev–Trinajstić information content (AvgIpc) is 3.17. The van der Waals surface area contributed by atoms with Crippen LogP contribution in [0.5, 0.6) is 0 Å². The topological polar surface area (TPSA) is 0 Å². The van der Waals surface area contributed by atoms with Gasteiger partial charge in [0.15, 0.2) is 0 Å². The summed E-state index contributed by atoms with van der Waals surface area (Å²) in [5.74, 6) is 0. The molecular weight excluding hydrogens is 456 g/mol. The van der Waals surface area contributed by atoms with E-state index in [0.717, 1.165) is 12.8 Å². The van der Waals surface area contributed by atoms with E-state index < -0.39 is 8.07 Å². The monoisotopic (exact) mass is 490 g/mol. The van der Waals surface area contributed by atoms with Gasteiger partial charge in [-0.05, 0) is 12.8 Å². The van der Waals surface area contributed by atoms with Gasteiger partial charge in [0.05, 0.1) is 0 Å². The minimum Gasteiger partial charge on any atom is -0.358 e. The Bertz CT molecular complexity index is 1050. The Kier molecular flexibility index (Phi) is 8.86. The molecule has 0 bridgehead atoms. The molecule has 0 nitrogen and oxygen atoms in total. The van der Waals surface area contributed by atoms with Gasteiger partial charge < -0.3 is 14.9 Å². The first-order valence-electron chi connectivity index (χ1n) is 10.3. The number of hydrogen-bond acceptors (Lipinski definition) is 0. The fourth-order valence-corrected chi connectivity index (χ4v) is 9.65. The second kappa shape index (κ2) is 9.92. The van der Waals surface area contributed by atoms with Gasteiger partial charge in [0.1, 0.15) is 0 Å². The molecule has 0 saturated heterocycles. The Hall–Kier alpha value is -1.24. The Morgan fingerprint density at radius 3 is 1.40 bits per heavy atom. The first-order chi connectivity index (χ1) is 12.9. The van der Waals surface area contributed by atoms with Crippen LogP contribution in [-0.2, 0) is 39.0 Å². The summed E-state index contributed by atoms with van der Waals surface area (Å²) in [6.07, 6.45) is 2.19. The predicted molar refractivity (Wildman–Crippen MR) is 137 cm³/mol. The number of fused-ring (bicyclic) bond motifs is 2. The first-order valence-corrected chi connectivity index (χ1v) is 13.3. The largest absolute Gasteiger partial charge is 4.00 e. The summed E-state index contributed by atoms with van der Waals surface area (Å²) >= 11 is 0. The Labute approximate surface area is 204 Å². The van der Waals surface area contributed by atoms with Crippen LogP contribution < -0.4 is 10.4 Å². The molecule has 30 heavy (non-hydrogen) atoms. The number of benzene rings is 2. The summed E-state index contributed by atoms with van der Waals surface area (Å²) in [7, 11) is -1.86. The normalized spacial score (nSPS) is 11.1. The van der Waals surface area contributed by atoms with Crippen molar-refractivity contribution < 1.29 is 26.2 Å². The molecule has 4 rings (SSSR count). The third-order valence-corrected chi connectivity index (χ3v) is 10.2. The Morgan fingerprint density at radius 1 is 0.700 bits per heavy atom. The first kappa shape index (κ1) is 26.8. The maximum absolute atomic E-state index is 2.56. The van der Waals surface area contributed by atoms with Crippen molar-refractivity contribution in [2.75, 3.05) is 0 Å². The van der Waals surface area contributed by atoms with Crippen molar-refractivity contribution >= 4 is 40.0 Å². The molecule has 4 aromatic carbocycles. The standard InChI is InChI=1S/C26H30Si.2CH3.Zr/c1-7-19-11-9-13-21-15-17(3)25(23(19)21)27(5,6)26-18(4)16-22-14-10-12-20(8-2)24(22)26;;;/h9-16H,7-8H2,1-6H3;2*1H3;/q-2;2*-1;+4. The molecule has 0 atom stereocenters. The maximum Gasteiger partial charge on any atom is 4.00 e. The summed E-state index contributed by atoms with van der Waals surface area (Å²) in [5, 5.41) is 9.22. The molecule has 0 aromatic heterocycles. The van der Waals surface area contributed by atoms with Gasteiger partial charge in [-0.3, -0.25) is 0 Å². The summed E-state index contributed by atoms with van der Waals surface area (Å²) in [6.45, 7) is 14.3. The minimum absolute atomic E-state index is 0. The molecule has 2 heteroatoms. The van der Waals surface area contributed by atoms with E-state index >= 15 is 0 Å². The second-order valence-corrected chi connectivity index (χ2v) is 12.7. The molecule has 0 radical (unpaired) electrons. The van der Waals surface area contributed by atoms with Gasteiger partial charge in [-0.15, -0.1) is 69.1 Å².